The van der Waals surface area contributed by atoms with Crippen molar-refractivity contribution >= 4 is 11.6 Å². The number of rotatable bonds is 6. The minimum absolute atomic E-state index is 0.218. The molecule has 2 heteroatoms. The number of aliphatic hydroxyl groups is 1. The predicted octanol–water partition coefficient (Wildman–Crippen LogP) is 4.24. The molecule has 0 saturated carbocycles. The highest BCUT2D eigenvalue weighted by atomic mass is 35.5. The molecule has 2 atom stereocenters. The summed E-state index contributed by atoms with van der Waals surface area (Å²) in [6, 6.07) is 7.82. The smallest absolute Gasteiger partial charge is 0.0499 e. The first kappa shape index (κ1) is 13.5. The number of halogens is 1. The third kappa shape index (κ3) is 4.15. The fraction of sp³-hybridized carbons (Fsp3) is 0.571. The van der Waals surface area contributed by atoms with Crippen LogP contribution in [0, 0.1) is 5.92 Å². The standard InChI is InChI=1S/C14H21ClO/c1-3-4-11(2)9-13(10-16)12-5-7-14(15)8-6-12/h5-8,11,13,16H,3-4,9-10H2,1-2H3. The van der Waals surface area contributed by atoms with Crippen molar-refractivity contribution in [3.8, 4) is 0 Å². The SMILES string of the molecule is CCCC(C)CC(CO)c1ccc(Cl)cc1. The quantitative estimate of drug-likeness (QED) is 0.789. The zero-order valence-electron chi connectivity index (χ0n) is 10.1. The largest absolute Gasteiger partial charge is 0.396 e. The number of hydrogen-bond acceptors (Lipinski definition) is 1. The Kier molecular flexibility index (Phi) is 5.86. The molecule has 0 amide bonds. The van der Waals surface area contributed by atoms with Crippen molar-refractivity contribution in [1.82, 2.24) is 0 Å². The van der Waals surface area contributed by atoms with Gasteiger partial charge in [-0.2, -0.15) is 0 Å². The van der Waals surface area contributed by atoms with E-state index in [2.05, 4.69) is 13.8 Å². The van der Waals surface area contributed by atoms with E-state index in [0.717, 1.165) is 11.4 Å². The molecular weight excluding hydrogens is 220 g/mol. The maximum atomic E-state index is 9.43. The van der Waals surface area contributed by atoms with E-state index >= 15 is 0 Å². The molecule has 90 valence electrons. The zero-order valence-corrected chi connectivity index (χ0v) is 10.9. The van der Waals surface area contributed by atoms with Gasteiger partial charge in [0.05, 0.1) is 0 Å². The Balaban J connectivity index is 2.63. The molecule has 1 N–H and O–H groups in total. The maximum absolute atomic E-state index is 9.43. The third-order valence-corrected chi connectivity index (χ3v) is 3.28. The van der Waals surface area contributed by atoms with Crippen molar-refractivity contribution in [3.05, 3.63) is 34.9 Å². The highest BCUT2D eigenvalue weighted by Gasteiger charge is 2.14. The highest BCUT2D eigenvalue weighted by Crippen LogP contribution is 2.26. The van der Waals surface area contributed by atoms with Crippen molar-refractivity contribution in [2.45, 2.75) is 39.0 Å². The molecule has 0 aliphatic heterocycles. The van der Waals surface area contributed by atoms with E-state index in [9.17, 15) is 5.11 Å². The Morgan fingerprint density at radius 3 is 2.38 bits per heavy atom. The average Bonchev–Trinajstić information content (AvgIpc) is 2.27. The van der Waals surface area contributed by atoms with Crippen LogP contribution >= 0.6 is 11.6 Å². The van der Waals surface area contributed by atoms with Crippen LogP contribution in [-0.4, -0.2) is 11.7 Å². The first-order chi connectivity index (χ1) is 7.67. The van der Waals surface area contributed by atoms with Gasteiger partial charge in [0.2, 0.25) is 0 Å². The van der Waals surface area contributed by atoms with Gasteiger partial charge in [-0.3, -0.25) is 0 Å². The Morgan fingerprint density at radius 2 is 1.88 bits per heavy atom. The van der Waals surface area contributed by atoms with Gasteiger partial charge in [0.1, 0.15) is 0 Å². The predicted molar refractivity (Wildman–Crippen MR) is 70.0 cm³/mol. The third-order valence-electron chi connectivity index (χ3n) is 3.03. The molecule has 0 aliphatic rings. The van der Waals surface area contributed by atoms with Crippen molar-refractivity contribution in [1.29, 1.82) is 0 Å². The summed E-state index contributed by atoms with van der Waals surface area (Å²) in [5.41, 5.74) is 1.19. The summed E-state index contributed by atoms with van der Waals surface area (Å²) in [6.07, 6.45) is 3.48. The lowest BCUT2D eigenvalue weighted by atomic mass is 9.88. The van der Waals surface area contributed by atoms with Crippen LogP contribution in [0.3, 0.4) is 0 Å². The Bertz CT molecular complexity index is 294. The van der Waals surface area contributed by atoms with Gasteiger partial charge in [-0.1, -0.05) is 50.4 Å². The molecule has 0 aromatic heterocycles. The normalized spacial score (nSPS) is 14.8. The lowest BCUT2D eigenvalue weighted by Gasteiger charge is -2.19. The minimum Gasteiger partial charge on any atom is -0.396 e. The van der Waals surface area contributed by atoms with Gasteiger partial charge in [-0.05, 0) is 30.0 Å². The molecule has 0 aliphatic carbocycles. The van der Waals surface area contributed by atoms with Gasteiger partial charge in [0.15, 0.2) is 0 Å². The molecule has 1 aromatic rings. The van der Waals surface area contributed by atoms with Crippen LogP contribution in [0.4, 0.5) is 0 Å². The van der Waals surface area contributed by atoms with Crippen LogP contribution in [-0.2, 0) is 0 Å². The minimum atomic E-state index is 0.218. The van der Waals surface area contributed by atoms with Gasteiger partial charge in [-0.25, -0.2) is 0 Å². The van der Waals surface area contributed by atoms with E-state index in [1.54, 1.807) is 0 Å². The Morgan fingerprint density at radius 1 is 1.25 bits per heavy atom. The average molecular weight is 241 g/mol. The van der Waals surface area contributed by atoms with Crippen molar-refractivity contribution in [2.75, 3.05) is 6.61 Å². The fourth-order valence-electron chi connectivity index (χ4n) is 2.15. The van der Waals surface area contributed by atoms with Gasteiger partial charge in [0, 0.05) is 17.5 Å². The fourth-order valence-corrected chi connectivity index (χ4v) is 2.27. The van der Waals surface area contributed by atoms with E-state index in [1.165, 1.54) is 18.4 Å². The Hall–Kier alpha value is -0.530. The molecule has 1 nitrogen and oxygen atoms in total. The molecule has 0 radical (unpaired) electrons. The van der Waals surface area contributed by atoms with Gasteiger partial charge in [0.25, 0.3) is 0 Å². The first-order valence-corrected chi connectivity index (χ1v) is 6.41. The second kappa shape index (κ2) is 6.93. The lowest BCUT2D eigenvalue weighted by Crippen LogP contribution is -2.09. The number of benzene rings is 1. The monoisotopic (exact) mass is 240 g/mol. The summed E-state index contributed by atoms with van der Waals surface area (Å²) in [7, 11) is 0. The molecule has 0 fully saturated rings. The maximum Gasteiger partial charge on any atom is 0.0499 e. The number of aliphatic hydroxyl groups excluding tert-OH is 1. The molecule has 0 spiro atoms. The molecule has 0 bridgehead atoms. The first-order valence-electron chi connectivity index (χ1n) is 6.03. The molecular formula is C14H21ClO. The topological polar surface area (TPSA) is 20.2 Å². The summed E-state index contributed by atoms with van der Waals surface area (Å²) in [5.74, 6) is 0.914. The summed E-state index contributed by atoms with van der Waals surface area (Å²) in [6.45, 7) is 4.67. The van der Waals surface area contributed by atoms with Crippen molar-refractivity contribution < 1.29 is 5.11 Å². The van der Waals surface area contributed by atoms with Crippen LogP contribution in [0.15, 0.2) is 24.3 Å². The lowest BCUT2D eigenvalue weighted by molar-refractivity contribution is 0.243. The van der Waals surface area contributed by atoms with E-state index in [0.29, 0.717) is 5.92 Å². The van der Waals surface area contributed by atoms with E-state index in [4.69, 9.17) is 11.6 Å². The molecule has 0 saturated heterocycles. The van der Waals surface area contributed by atoms with Crippen LogP contribution in [0.25, 0.3) is 0 Å². The summed E-state index contributed by atoms with van der Waals surface area (Å²) >= 11 is 5.85. The van der Waals surface area contributed by atoms with E-state index < -0.39 is 0 Å². The van der Waals surface area contributed by atoms with E-state index in [-0.39, 0.29) is 12.5 Å². The van der Waals surface area contributed by atoms with Crippen LogP contribution in [0.2, 0.25) is 5.02 Å². The number of hydrogen-bond donors (Lipinski definition) is 1. The van der Waals surface area contributed by atoms with Gasteiger partial charge >= 0.3 is 0 Å². The molecule has 0 heterocycles. The zero-order chi connectivity index (χ0) is 12.0. The molecule has 1 rings (SSSR count). The highest BCUT2D eigenvalue weighted by molar-refractivity contribution is 6.30. The summed E-state index contributed by atoms with van der Waals surface area (Å²) < 4.78 is 0. The Labute approximate surface area is 103 Å². The molecule has 16 heavy (non-hydrogen) atoms. The summed E-state index contributed by atoms with van der Waals surface area (Å²) in [4.78, 5) is 0. The van der Waals surface area contributed by atoms with Crippen molar-refractivity contribution in [2.24, 2.45) is 5.92 Å². The van der Waals surface area contributed by atoms with Crippen LogP contribution < -0.4 is 0 Å². The molecule has 1 aromatic carbocycles. The van der Waals surface area contributed by atoms with Gasteiger partial charge in [-0.15, -0.1) is 0 Å². The van der Waals surface area contributed by atoms with Gasteiger partial charge < -0.3 is 5.11 Å². The second-order valence-electron chi connectivity index (χ2n) is 4.56. The van der Waals surface area contributed by atoms with Crippen LogP contribution in [0.5, 0.6) is 0 Å². The second-order valence-corrected chi connectivity index (χ2v) is 5.00. The summed E-state index contributed by atoms with van der Waals surface area (Å²) in [5, 5.41) is 10.2. The molecule has 2 unspecified atom stereocenters. The van der Waals surface area contributed by atoms with E-state index in [1.807, 2.05) is 24.3 Å². The van der Waals surface area contributed by atoms with Crippen LogP contribution in [0.1, 0.15) is 44.6 Å². The van der Waals surface area contributed by atoms with Crippen molar-refractivity contribution in [3.63, 3.8) is 0 Å².